The van der Waals surface area contributed by atoms with Gasteiger partial charge in [-0.05, 0) is 42.8 Å². The first-order valence-electron chi connectivity index (χ1n) is 7.01. The Labute approximate surface area is 137 Å². The maximum absolute atomic E-state index is 12.5. The molecule has 1 heterocycles. The van der Waals surface area contributed by atoms with Gasteiger partial charge < -0.3 is 5.32 Å². The second-order valence-corrected chi connectivity index (χ2v) is 6.18. The number of carbonyl (C=O) groups excluding carboxylic acids is 2. The van der Waals surface area contributed by atoms with Gasteiger partial charge >= 0.3 is 0 Å². The molecule has 112 valence electrons. The van der Waals surface area contributed by atoms with Gasteiger partial charge in [-0.25, -0.2) is 4.90 Å². The van der Waals surface area contributed by atoms with Gasteiger partial charge in [0.25, 0.3) is 5.91 Å². The predicted molar refractivity (Wildman–Crippen MR) is 89.8 cm³/mol. The number of imide groups is 1. The lowest BCUT2D eigenvalue weighted by atomic mass is 10.1. The first kappa shape index (κ1) is 14.8. The zero-order valence-corrected chi connectivity index (χ0v) is 13.6. The van der Waals surface area contributed by atoms with Crippen molar-refractivity contribution in [3.05, 3.63) is 58.6 Å². The smallest absolute Gasteiger partial charge is 0.256 e. The van der Waals surface area contributed by atoms with E-state index in [-0.39, 0.29) is 18.2 Å². The average Bonchev–Trinajstić information content (AvgIpc) is 2.77. The van der Waals surface area contributed by atoms with Crippen molar-refractivity contribution >= 4 is 39.1 Å². The van der Waals surface area contributed by atoms with Crippen LogP contribution in [0.3, 0.4) is 0 Å². The van der Waals surface area contributed by atoms with Gasteiger partial charge in [-0.2, -0.15) is 0 Å². The molecule has 2 aromatic carbocycles. The first-order valence-corrected chi connectivity index (χ1v) is 7.80. The lowest BCUT2D eigenvalue weighted by molar-refractivity contribution is -0.121. The van der Waals surface area contributed by atoms with Crippen LogP contribution in [0.5, 0.6) is 0 Å². The molecule has 0 spiro atoms. The topological polar surface area (TPSA) is 49.4 Å². The Bertz CT molecular complexity index is 728. The van der Waals surface area contributed by atoms with Gasteiger partial charge in [-0.15, -0.1) is 0 Å². The number of halogens is 1. The molecular weight excluding hydrogens is 344 g/mol. The first-order chi connectivity index (χ1) is 10.6. The Morgan fingerprint density at radius 1 is 1.09 bits per heavy atom. The van der Waals surface area contributed by atoms with Crippen molar-refractivity contribution in [1.29, 1.82) is 0 Å². The van der Waals surface area contributed by atoms with E-state index in [4.69, 9.17) is 0 Å². The van der Waals surface area contributed by atoms with Gasteiger partial charge in [-0.1, -0.05) is 34.1 Å². The third-order valence-electron chi connectivity index (χ3n) is 3.71. The zero-order chi connectivity index (χ0) is 15.7. The number of rotatable bonds is 3. The highest BCUT2D eigenvalue weighted by molar-refractivity contribution is 9.10. The molecule has 22 heavy (non-hydrogen) atoms. The summed E-state index contributed by atoms with van der Waals surface area (Å²) in [5.41, 5.74) is 2.53. The number of amides is 2. The molecule has 4 nitrogen and oxygen atoms in total. The molecule has 1 aliphatic heterocycles. The van der Waals surface area contributed by atoms with E-state index >= 15 is 0 Å². The number of carbonyl (C=O) groups is 2. The Morgan fingerprint density at radius 3 is 2.45 bits per heavy atom. The van der Waals surface area contributed by atoms with Crippen LogP contribution in [-0.2, 0) is 9.59 Å². The van der Waals surface area contributed by atoms with Crippen LogP contribution < -0.4 is 10.2 Å². The fourth-order valence-corrected chi connectivity index (χ4v) is 2.79. The van der Waals surface area contributed by atoms with Crippen LogP contribution in [0, 0.1) is 6.92 Å². The molecule has 2 aromatic rings. The highest BCUT2D eigenvalue weighted by Crippen LogP contribution is 2.27. The number of aryl methyl sites for hydroxylation is 1. The van der Waals surface area contributed by atoms with Crippen LogP contribution in [0.4, 0.5) is 11.4 Å². The summed E-state index contributed by atoms with van der Waals surface area (Å²) in [5, 5.41) is 3.18. The van der Waals surface area contributed by atoms with Crippen LogP contribution in [-0.4, -0.2) is 17.9 Å². The van der Waals surface area contributed by atoms with E-state index in [0.29, 0.717) is 5.69 Å². The van der Waals surface area contributed by atoms with Crippen molar-refractivity contribution in [1.82, 2.24) is 0 Å². The standard InChI is InChI=1S/C17H15BrN2O2/c1-11-4-2-3-5-14(11)19-15-10-16(21)20(17(15)22)13-8-6-12(18)7-9-13/h2-9,15,19H,10H2,1H3. The minimum Gasteiger partial charge on any atom is -0.373 e. The van der Waals surface area contributed by atoms with Crippen LogP contribution in [0.25, 0.3) is 0 Å². The van der Waals surface area contributed by atoms with Crippen molar-refractivity contribution < 1.29 is 9.59 Å². The Morgan fingerprint density at radius 2 is 1.77 bits per heavy atom. The molecule has 0 bridgehead atoms. The van der Waals surface area contributed by atoms with Crippen molar-refractivity contribution in [3.8, 4) is 0 Å². The number of anilines is 2. The molecule has 3 rings (SSSR count). The van der Waals surface area contributed by atoms with Crippen LogP contribution in [0.2, 0.25) is 0 Å². The van der Waals surface area contributed by atoms with Crippen LogP contribution in [0.15, 0.2) is 53.0 Å². The quantitative estimate of drug-likeness (QED) is 0.854. The van der Waals surface area contributed by atoms with Crippen molar-refractivity contribution in [3.63, 3.8) is 0 Å². The molecule has 5 heteroatoms. The number of hydrogen-bond donors (Lipinski definition) is 1. The Balaban J connectivity index is 1.82. The fourth-order valence-electron chi connectivity index (χ4n) is 2.53. The van der Waals surface area contributed by atoms with Gasteiger partial charge in [0.2, 0.25) is 5.91 Å². The molecule has 1 aliphatic rings. The summed E-state index contributed by atoms with van der Waals surface area (Å²) in [6.45, 7) is 1.97. The molecule has 0 saturated carbocycles. The molecule has 0 aliphatic carbocycles. The van der Waals surface area contributed by atoms with E-state index in [0.717, 1.165) is 15.7 Å². The van der Waals surface area contributed by atoms with E-state index in [1.807, 2.05) is 43.3 Å². The van der Waals surface area contributed by atoms with Crippen molar-refractivity contribution in [2.75, 3.05) is 10.2 Å². The minimum atomic E-state index is -0.516. The maximum atomic E-state index is 12.5. The third-order valence-corrected chi connectivity index (χ3v) is 4.23. The second-order valence-electron chi connectivity index (χ2n) is 5.26. The van der Waals surface area contributed by atoms with Gasteiger partial charge in [-0.3, -0.25) is 9.59 Å². The van der Waals surface area contributed by atoms with Gasteiger partial charge in [0.05, 0.1) is 12.1 Å². The Kier molecular flexibility index (Phi) is 3.98. The van der Waals surface area contributed by atoms with Gasteiger partial charge in [0.1, 0.15) is 6.04 Å². The maximum Gasteiger partial charge on any atom is 0.256 e. The number of nitrogens with zero attached hydrogens (tertiary/aromatic N) is 1. The number of hydrogen-bond acceptors (Lipinski definition) is 3. The van der Waals surface area contributed by atoms with E-state index in [1.54, 1.807) is 12.1 Å². The third kappa shape index (κ3) is 2.76. The highest BCUT2D eigenvalue weighted by Gasteiger charge is 2.39. The van der Waals surface area contributed by atoms with Crippen LogP contribution in [0.1, 0.15) is 12.0 Å². The molecular formula is C17H15BrN2O2. The van der Waals surface area contributed by atoms with Crippen LogP contribution >= 0.6 is 15.9 Å². The molecule has 0 aromatic heterocycles. The normalized spacial score (nSPS) is 17.9. The van der Waals surface area contributed by atoms with E-state index < -0.39 is 6.04 Å². The van der Waals surface area contributed by atoms with E-state index in [1.165, 1.54) is 4.90 Å². The van der Waals surface area contributed by atoms with E-state index in [9.17, 15) is 9.59 Å². The molecule has 1 atom stereocenters. The molecule has 1 N–H and O–H groups in total. The van der Waals surface area contributed by atoms with Crippen molar-refractivity contribution in [2.45, 2.75) is 19.4 Å². The lowest BCUT2D eigenvalue weighted by Crippen LogP contribution is -2.34. The minimum absolute atomic E-state index is 0.170. The second kappa shape index (κ2) is 5.93. The predicted octanol–water partition coefficient (Wildman–Crippen LogP) is 3.50. The summed E-state index contributed by atoms with van der Waals surface area (Å²) in [5.74, 6) is -0.394. The summed E-state index contributed by atoms with van der Waals surface area (Å²) < 4.78 is 0.907. The summed E-state index contributed by atoms with van der Waals surface area (Å²) in [4.78, 5) is 26.0. The molecule has 0 radical (unpaired) electrons. The molecule has 1 saturated heterocycles. The summed E-state index contributed by atoms with van der Waals surface area (Å²) in [6, 6.07) is 14.4. The summed E-state index contributed by atoms with van der Waals surface area (Å²) in [7, 11) is 0. The number of benzene rings is 2. The largest absolute Gasteiger partial charge is 0.373 e. The fraction of sp³-hybridized carbons (Fsp3) is 0.176. The Hall–Kier alpha value is -2.14. The number of nitrogens with one attached hydrogen (secondary N) is 1. The zero-order valence-electron chi connectivity index (χ0n) is 12.0. The lowest BCUT2D eigenvalue weighted by Gasteiger charge is -2.17. The SMILES string of the molecule is Cc1ccccc1NC1CC(=O)N(c2ccc(Br)cc2)C1=O. The van der Waals surface area contributed by atoms with Gasteiger partial charge in [0, 0.05) is 10.2 Å². The van der Waals surface area contributed by atoms with E-state index in [2.05, 4.69) is 21.2 Å². The average molecular weight is 359 g/mol. The number of para-hydroxylation sites is 1. The molecule has 2 amide bonds. The summed E-state index contributed by atoms with van der Waals surface area (Å²) >= 11 is 3.35. The van der Waals surface area contributed by atoms with Gasteiger partial charge in [0.15, 0.2) is 0 Å². The summed E-state index contributed by atoms with van der Waals surface area (Å²) in [6.07, 6.45) is 0.170. The van der Waals surface area contributed by atoms with Crippen molar-refractivity contribution in [2.24, 2.45) is 0 Å². The molecule has 1 unspecified atom stereocenters. The highest BCUT2D eigenvalue weighted by atomic mass is 79.9. The molecule has 1 fully saturated rings. The monoisotopic (exact) mass is 358 g/mol.